The van der Waals surface area contributed by atoms with Crippen LogP contribution in [0.2, 0.25) is 0 Å². The van der Waals surface area contributed by atoms with E-state index in [1.54, 1.807) is 6.20 Å². The summed E-state index contributed by atoms with van der Waals surface area (Å²) < 4.78 is 38.7. The maximum absolute atomic E-state index is 12.2. The first-order chi connectivity index (χ1) is 12.0. The van der Waals surface area contributed by atoms with Crippen LogP contribution in [0.15, 0.2) is 47.7 Å². The summed E-state index contributed by atoms with van der Waals surface area (Å²) in [5.41, 5.74) is 1.14. The van der Waals surface area contributed by atoms with E-state index in [0.717, 1.165) is 11.4 Å². The molecule has 2 aromatic rings. The number of benzene rings is 1. The summed E-state index contributed by atoms with van der Waals surface area (Å²) in [6, 6.07) is 9.94. The maximum Gasteiger partial charge on any atom is 0.390 e. The lowest BCUT2D eigenvalue weighted by Gasteiger charge is -2.12. The van der Waals surface area contributed by atoms with Gasteiger partial charge in [0.25, 0.3) is 0 Å². The number of rotatable bonds is 7. The number of aliphatic imine (C=N–C) groups is 1. The molecule has 0 spiro atoms. The smallest absolute Gasteiger partial charge is 0.357 e. The lowest BCUT2D eigenvalue weighted by Crippen LogP contribution is -2.39. The van der Waals surface area contributed by atoms with Gasteiger partial charge in [-0.1, -0.05) is 30.3 Å². The number of aromatic nitrogens is 2. The maximum atomic E-state index is 12.2. The van der Waals surface area contributed by atoms with E-state index >= 15 is 0 Å². The van der Waals surface area contributed by atoms with Gasteiger partial charge in [0.05, 0.1) is 6.42 Å². The van der Waals surface area contributed by atoms with Crippen molar-refractivity contribution >= 4 is 29.9 Å². The van der Waals surface area contributed by atoms with Crippen LogP contribution in [0.4, 0.5) is 13.2 Å². The predicted molar refractivity (Wildman–Crippen MR) is 107 cm³/mol. The Labute approximate surface area is 168 Å². The molecular weight excluding hydrogens is 458 g/mol. The van der Waals surface area contributed by atoms with E-state index in [2.05, 4.69) is 20.6 Å². The van der Waals surface area contributed by atoms with E-state index in [1.807, 2.05) is 48.0 Å². The number of nitrogens with one attached hydrogen (secondary N) is 2. The number of nitrogens with zero attached hydrogens (tertiary/aromatic N) is 3. The van der Waals surface area contributed by atoms with Crippen LogP contribution in [0.5, 0.6) is 0 Å². The number of imidazole rings is 1. The van der Waals surface area contributed by atoms with Crippen molar-refractivity contribution in [2.45, 2.75) is 32.6 Å². The van der Waals surface area contributed by atoms with Crippen LogP contribution >= 0.6 is 24.0 Å². The largest absolute Gasteiger partial charge is 0.390 e. The van der Waals surface area contributed by atoms with E-state index in [1.165, 1.54) is 0 Å². The highest BCUT2D eigenvalue weighted by molar-refractivity contribution is 14.0. The van der Waals surface area contributed by atoms with Crippen LogP contribution in [-0.2, 0) is 13.1 Å². The molecule has 2 rings (SSSR count). The van der Waals surface area contributed by atoms with Gasteiger partial charge in [-0.25, -0.2) is 9.98 Å². The first-order valence-corrected chi connectivity index (χ1v) is 8.11. The molecule has 26 heavy (non-hydrogen) atoms. The Morgan fingerprint density at radius 1 is 1.19 bits per heavy atom. The highest BCUT2D eigenvalue weighted by Gasteiger charge is 2.26. The third-order valence-electron chi connectivity index (χ3n) is 3.42. The Balaban J connectivity index is 0.00000338. The van der Waals surface area contributed by atoms with Gasteiger partial charge in [0, 0.05) is 32.0 Å². The van der Waals surface area contributed by atoms with E-state index in [4.69, 9.17) is 0 Å². The topological polar surface area (TPSA) is 54.2 Å². The SMILES string of the molecule is CCNC(=NCc1nccn1Cc1ccccc1)NCCC(F)(F)F.I. The standard InChI is InChI=1S/C17H22F3N5.HI/c1-2-21-16(23-9-8-17(18,19)20)24-12-15-22-10-11-25(15)13-14-6-4-3-5-7-14;/h3-7,10-11H,2,8-9,12-13H2,1H3,(H2,21,23,24);1H. The molecule has 0 aliphatic carbocycles. The molecule has 0 amide bonds. The van der Waals surface area contributed by atoms with Gasteiger partial charge >= 0.3 is 6.18 Å². The molecule has 0 aliphatic rings. The van der Waals surface area contributed by atoms with E-state index in [-0.39, 0.29) is 37.1 Å². The highest BCUT2D eigenvalue weighted by atomic mass is 127. The second-order valence-corrected chi connectivity index (χ2v) is 5.44. The molecule has 144 valence electrons. The number of alkyl halides is 3. The molecule has 5 nitrogen and oxygen atoms in total. The molecule has 0 saturated heterocycles. The van der Waals surface area contributed by atoms with E-state index in [9.17, 15) is 13.2 Å². The monoisotopic (exact) mass is 481 g/mol. The lowest BCUT2D eigenvalue weighted by molar-refractivity contribution is -0.132. The van der Waals surface area contributed by atoms with Crippen molar-refractivity contribution < 1.29 is 13.2 Å². The number of hydrogen-bond acceptors (Lipinski definition) is 2. The van der Waals surface area contributed by atoms with Gasteiger partial charge in [-0.05, 0) is 12.5 Å². The summed E-state index contributed by atoms with van der Waals surface area (Å²) >= 11 is 0. The summed E-state index contributed by atoms with van der Waals surface area (Å²) in [5.74, 6) is 1.10. The highest BCUT2D eigenvalue weighted by Crippen LogP contribution is 2.18. The van der Waals surface area contributed by atoms with Crippen LogP contribution in [0, 0.1) is 0 Å². The number of guanidine groups is 1. The third kappa shape index (κ3) is 8.07. The predicted octanol–water partition coefficient (Wildman–Crippen LogP) is 3.56. The first-order valence-electron chi connectivity index (χ1n) is 8.11. The average Bonchev–Trinajstić information content (AvgIpc) is 2.99. The molecule has 1 aromatic heterocycles. The fourth-order valence-electron chi connectivity index (χ4n) is 2.23. The quantitative estimate of drug-likeness (QED) is 0.362. The average molecular weight is 481 g/mol. The molecule has 2 N–H and O–H groups in total. The number of hydrogen-bond donors (Lipinski definition) is 2. The van der Waals surface area contributed by atoms with Gasteiger partial charge in [0.2, 0.25) is 0 Å². The fourth-order valence-corrected chi connectivity index (χ4v) is 2.23. The Hall–Kier alpha value is -1.78. The minimum Gasteiger partial charge on any atom is -0.357 e. The van der Waals surface area contributed by atoms with Crippen LogP contribution in [0.3, 0.4) is 0 Å². The van der Waals surface area contributed by atoms with Crippen molar-refractivity contribution in [2.24, 2.45) is 4.99 Å². The van der Waals surface area contributed by atoms with Gasteiger partial charge < -0.3 is 15.2 Å². The summed E-state index contributed by atoms with van der Waals surface area (Å²) in [6.45, 7) is 3.16. The van der Waals surface area contributed by atoms with Gasteiger partial charge in [0.1, 0.15) is 12.4 Å². The molecule has 0 bridgehead atoms. The summed E-state index contributed by atoms with van der Waals surface area (Å²) in [7, 11) is 0. The Morgan fingerprint density at radius 2 is 1.92 bits per heavy atom. The molecule has 1 aromatic carbocycles. The van der Waals surface area contributed by atoms with Gasteiger partial charge in [0.15, 0.2) is 5.96 Å². The molecule has 0 unspecified atom stereocenters. The molecule has 0 saturated carbocycles. The lowest BCUT2D eigenvalue weighted by atomic mass is 10.2. The first kappa shape index (κ1) is 22.3. The van der Waals surface area contributed by atoms with E-state index < -0.39 is 12.6 Å². The van der Waals surface area contributed by atoms with Crippen LogP contribution < -0.4 is 10.6 Å². The van der Waals surface area contributed by atoms with Gasteiger partial charge in [-0.2, -0.15) is 13.2 Å². The Morgan fingerprint density at radius 3 is 2.58 bits per heavy atom. The molecule has 0 atom stereocenters. The second kappa shape index (κ2) is 11.0. The molecule has 1 heterocycles. The zero-order valence-electron chi connectivity index (χ0n) is 14.5. The van der Waals surface area contributed by atoms with Crippen molar-refractivity contribution in [2.75, 3.05) is 13.1 Å². The minimum atomic E-state index is -4.18. The van der Waals surface area contributed by atoms with Crippen LogP contribution in [0.25, 0.3) is 0 Å². The summed E-state index contributed by atoms with van der Waals surface area (Å²) in [4.78, 5) is 8.61. The van der Waals surface area contributed by atoms with Crippen molar-refractivity contribution in [3.8, 4) is 0 Å². The van der Waals surface area contributed by atoms with Crippen molar-refractivity contribution in [3.63, 3.8) is 0 Å². The summed E-state index contributed by atoms with van der Waals surface area (Å²) in [5, 5.41) is 5.63. The Kier molecular flexibility index (Phi) is 9.46. The molecule has 0 radical (unpaired) electrons. The van der Waals surface area contributed by atoms with Crippen molar-refractivity contribution in [1.82, 2.24) is 20.2 Å². The fraction of sp³-hybridized carbons (Fsp3) is 0.412. The minimum absolute atomic E-state index is 0. The van der Waals surface area contributed by atoms with Crippen LogP contribution in [0.1, 0.15) is 24.7 Å². The van der Waals surface area contributed by atoms with Gasteiger partial charge in [-0.3, -0.25) is 0 Å². The second-order valence-electron chi connectivity index (χ2n) is 5.44. The summed E-state index contributed by atoms with van der Waals surface area (Å²) in [6.07, 6.45) is -1.53. The molecule has 9 heteroatoms. The third-order valence-corrected chi connectivity index (χ3v) is 3.42. The van der Waals surface area contributed by atoms with Crippen molar-refractivity contribution in [1.29, 1.82) is 0 Å². The van der Waals surface area contributed by atoms with Crippen molar-refractivity contribution in [3.05, 3.63) is 54.1 Å². The normalized spacial score (nSPS) is 11.8. The molecule has 0 aliphatic heterocycles. The van der Waals surface area contributed by atoms with E-state index in [0.29, 0.717) is 19.0 Å². The van der Waals surface area contributed by atoms with Crippen LogP contribution in [-0.4, -0.2) is 34.8 Å². The zero-order chi connectivity index (χ0) is 18.1. The zero-order valence-corrected chi connectivity index (χ0v) is 16.8. The Bertz CT molecular complexity index is 671. The number of halogens is 4. The molecule has 0 fully saturated rings. The molecular formula is C17H23F3IN5. The van der Waals surface area contributed by atoms with Gasteiger partial charge in [-0.15, -0.1) is 24.0 Å².